The van der Waals surface area contributed by atoms with E-state index in [9.17, 15) is 13.2 Å². The first kappa shape index (κ1) is 12.8. The lowest BCUT2D eigenvalue weighted by Crippen LogP contribution is -2.04. The van der Waals surface area contributed by atoms with Crippen molar-refractivity contribution in [3.05, 3.63) is 47.7 Å². The van der Waals surface area contributed by atoms with Crippen LogP contribution in [0.15, 0.2) is 36.4 Å². The Morgan fingerprint density at radius 2 is 1.61 bits per heavy atom. The number of alkyl halides is 4. The topological polar surface area (TPSA) is 25.8 Å². The number of aromatic nitrogens is 2. The normalized spacial score (nSPS) is 11.6. The van der Waals surface area contributed by atoms with Gasteiger partial charge in [0.25, 0.3) is 0 Å². The van der Waals surface area contributed by atoms with Crippen LogP contribution in [0, 0.1) is 0 Å². The van der Waals surface area contributed by atoms with E-state index in [1.807, 2.05) is 0 Å². The van der Waals surface area contributed by atoms with Crippen LogP contribution < -0.4 is 0 Å². The van der Waals surface area contributed by atoms with E-state index in [1.54, 1.807) is 12.1 Å². The predicted molar refractivity (Wildman–Crippen MR) is 62.0 cm³/mol. The molecule has 0 unspecified atom stereocenters. The van der Waals surface area contributed by atoms with Crippen molar-refractivity contribution in [2.75, 3.05) is 0 Å². The Bertz CT molecular complexity index is 521. The Kier molecular flexibility index (Phi) is 3.52. The SMILES string of the molecule is FC(F)(F)c1ccc(-c2ccc(CCl)nn2)cc1. The molecule has 0 saturated carbocycles. The van der Waals surface area contributed by atoms with Gasteiger partial charge in [-0.25, -0.2) is 0 Å². The van der Waals surface area contributed by atoms with Crippen LogP contribution in [0.25, 0.3) is 11.3 Å². The fourth-order valence-electron chi connectivity index (χ4n) is 1.42. The molecule has 18 heavy (non-hydrogen) atoms. The summed E-state index contributed by atoms with van der Waals surface area (Å²) in [6.07, 6.45) is -4.33. The Labute approximate surface area is 106 Å². The highest BCUT2D eigenvalue weighted by molar-refractivity contribution is 6.16. The smallest absolute Gasteiger partial charge is 0.166 e. The second-order valence-corrected chi connectivity index (χ2v) is 3.89. The van der Waals surface area contributed by atoms with E-state index in [2.05, 4.69) is 10.2 Å². The van der Waals surface area contributed by atoms with Crippen molar-refractivity contribution in [1.82, 2.24) is 10.2 Å². The van der Waals surface area contributed by atoms with E-state index < -0.39 is 11.7 Å². The van der Waals surface area contributed by atoms with E-state index in [0.717, 1.165) is 12.1 Å². The van der Waals surface area contributed by atoms with Crippen LogP contribution in [0.4, 0.5) is 13.2 Å². The van der Waals surface area contributed by atoms with Crippen LogP contribution in [0.1, 0.15) is 11.3 Å². The van der Waals surface area contributed by atoms with Crippen molar-refractivity contribution in [2.45, 2.75) is 12.1 Å². The summed E-state index contributed by atoms with van der Waals surface area (Å²) in [5.41, 5.74) is 1.03. The fourth-order valence-corrected chi connectivity index (χ4v) is 1.56. The van der Waals surface area contributed by atoms with E-state index in [-0.39, 0.29) is 5.88 Å². The molecule has 0 aliphatic heterocycles. The molecular weight excluding hydrogens is 265 g/mol. The molecule has 0 fully saturated rings. The summed E-state index contributed by atoms with van der Waals surface area (Å²) in [5, 5.41) is 7.74. The molecule has 0 aliphatic carbocycles. The van der Waals surface area contributed by atoms with Gasteiger partial charge in [-0.1, -0.05) is 12.1 Å². The maximum Gasteiger partial charge on any atom is 0.416 e. The molecule has 2 aromatic rings. The monoisotopic (exact) mass is 272 g/mol. The number of hydrogen-bond donors (Lipinski definition) is 0. The van der Waals surface area contributed by atoms with Gasteiger partial charge in [0.1, 0.15) is 0 Å². The van der Waals surface area contributed by atoms with Crippen molar-refractivity contribution in [2.24, 2.45) is 0 Å². The van der Waals surface area contributed by atoms with Crippen molar-refractivity contribution >= 4 is 11.6 Å². The van der Waals surface area contributed by atoms with Crippen molar-refractivity contribution in [1.29, 1.82) is 0 Å². The summed E-state index contributed by atoms with van der Waals surface area (Å²) in [6.45, 7) is 0. The minimum absolute atomic E-state index is 0.250. The highest BCUT2D eigenvalue weighted by atomic mass is 35.5. The molecule has 0 atom stereocenters. The van der Waals surface area contributed by atoms with Crippen LogP contribution in [-0.2, 0) is 12.1 Å². The standard InChI is InChI=1S/C12H8ClF3N2/c13-7-10-5-6-11(18-17-10)8-1-3-9(4-2-8)12(14,15)16/h1-6H,7H2. The van der Waals surface area contributed by atoms with Crippen molar-refractivity contribution in [3.8, 4) is 11.3 Å². The van der Waals surface area contributed by atoms with E-state index in [4.69, 9.17) is 11.6 Å². The van der Waals surface area contributed by atoms with Crippen molar-refractivity contribution < 1.29 is 13.2 Å². The van der Waals surface area contributed by atoms with Crippen LogP contribution in [0.5, 0.6) is 0 Å². The second kappa shape index (κ2) is 4.94. The minimum atomic E-state index is -4.33. The van der Waals surface area contributed by atoms with Gasteiger partial charge in [-0.3, -0.25) is 0 Å². The van der Waals surface area contributed by atoms with Gasteiger partial charge in [-0.05, 0) is 24.3 Å². The van der Waals surface area contributed by atoms with E-state index in [1.165, 1.54) is 12.1 Å². The average Bonchev–Trinajstić information content (AvgIpc) is 2.38. The van der Waals surface area contributed by atoms with Crippen LogP contribution in [0.2, 0.25) is 0 Å². The van der Waals surface area contributed by atoms with Crippen LogP contribution in [-0.4, -0.2) is 10.2 Å². The first-order chi connectivity index (χ1) is 8.50. The molecule has 0 spiro atoms. The molecule has 0 saturated heterocycles. The maximum absolute atomic E-state index is 12.4. The third-order valence-electron chi connectivity index (χ3n) is 2.36. The summed E-state index contributed by atoms with van der Waals surface area (Å²) in [4.78, 5) is 0. The van der Waals surface area contributed by atoms with Crippen LogP contribution in [0.3, 0.4) is 0 Å². The van der Waals surface area contributed by atoms with Gasteiger partial charge < -0.3 is 0 Å². The number of rotatable bonds is 2. The molecule has 0 radical (unpaired) electrons. The van der Waals surface area contributed by atoms with Crippen LogP contribution >= 0.6 is 11.6 Å². The van der Waals surface area contributed by atoms with Gasteiger partial charge in [0.2, 0.25) is 0 Å². The Balaban J connectivity index is 2.28. The highest BCUT2D eigenvalue weighted by Crippen LogP contribution is 2.30. The summed E-state index contributed by atoms with van der Waals surface area (Å²) in [5.74, 6) is 0.250. The molecule has 1 heterocycles. The number of hydrogen-bond acceptors (Lipinski definition) is 2. The fraction of sp³-hybridized carbons (Fsp3) is 0.167. The zero-order valence-electron chi connectivity index (χ0n) is 9.08. The molecule has 0 N–H and O–H groups in total. The van der Waals surface area contributed by atoms with Gasteiger partial charge >= 0.3 is 6.18 Å². The van der Waals surface area contributed by atoms with E-state index in [0.29, 0.717) is 17.0 Å². The van der Waals surface area contributed by atoms with E-state index >= 15 is 0 Å². The molecular formula is C12H8ClF3N2. The molecule has 1 aromatic carbocycles. The minimum Gasteiger partial charge on any atom is -0.166 e. The first-order valence-electron chi connectivity index (χ1n) is 5.07. The summed E-state index contributed by atoms with van der Waals surface area (Å²) in [6, 6.07) is 8.14. The lowest BCUT2D eigenvalue weighted by atomic mass is 10.1. The van der Waals surface area contributed by atoms with Gasteiger partial charge in [0, 0.05) is 5.56 Å². The summed E-state index contributed by atoms with van der Waals surface area (Å²) in [7, 11) is 0. The quantitative estimate of drug-likeness (QED) is 0.775. The Morgan fingerprint density at radius 1 is 0.944 bits per heavy atom. The zero-order valence-corrected chi connectivity index (χ0v) is 9.83. The molecule has 94 valence electrons. The number of halogens is 4. The molecule has 6 heteroatoms. The third kappa shape index (κ3) is 2.79. The predicted octanol–water partition coefficient (Wildman–Crippen LogP) is 3.90. The summed E-state index contributed by atoms with van der Waals surface area (Å²) < 4.78 is 37.1. The van der Waals surface area contributed by atoms with Gasteiger partial charge in [-0.15, -0.1) is 11.6 Å². The summed E-state index contributed by atoms with van der Waals surface area (Å²) >= 11 is 5.57. The molecule has 2 rings (SSSR count). The Morgan fingerprint density at radius 3 is 2.06 bits per heavy atom. The number of benzene rings is 1. The molecule has 0 aliphatic rings. The lowest BCUT2D eigenvalue weighted by molar-refractivity contribution is -0.137. The largest absolute Gasteiger partial charge is 0.416 e. The highest BCUT2D eigenvalue weighted by Gasteiger charge is 2.29. The molecule has 0 bridgehead atoms. The first-order valence-corrected chi connectivity index (χ1v) is 5.60. The van der Waals surface area contributed by atoms with Gasteiger partial charge in [0.15, 0.2) is 0 Å². The second-order valence-electron chi connectivity index (χ2n) is 3.62. The molecule has 2 nitrogen and oxygen atoms in total. The van der Waals surface area contributed by atoms with Gasteiger partial charge in [-0.2, -0.15) is 23.4 Å². The lowest BCUT2D eigenvalue weighted by Gasteiger charge is -2.07. The maximum atomic E-state index is 12.4. The third-order valence-corrected chi connectivity index (χ3v) is 2.64. The van der Waals surface area contributed by atoms with Crippen molar-refractivity contribution in [3.63, 3.8) is 0 Å². The zero-order chi connectivity index (χ0) is 13.2. The van der Waals surface area contributed by atoms with Gasteiger partial charge in [0.05, 0.1) is 22.8 Å². The molecule has 1 aromatic heterocycles. The average molecular weight is 273 g/mol. The number of nitrogens with zero attached hydrogens (tertiary/aromatic N) is 2. The molecule has 0 amide bonds. The Hall–Kier alpha value is -1.62.